The average molecular weight is 330 g/mol. The Morgan fingerprint density at radius 2 is 1.95 bits per heavy atom. The van der Waals surface area contributed by atoms with E-state index >= 15 is 0 Å². The lowest BCUT2D eigenvalue weighted by atomic mass is 10.1. The number of rotatable bonds is 2. The van der Waals surface area contributed by atoms with E-state index in [1.165, 1.54) is 0 Å². The first kappa shape index (κ1) is 12.9. The Kier molecular flexibility index (Phi) is 3.32. The van der Waals surface area contributed by atoms with E-state index in [0.717, 1.165) is 26.6 Å². The van der Waals surface area contributed by atoms with Crippen molar-refractivity contribution in [2.24, 2.45) is 0 Å². The minimum Gasteiger partial charge on any atom is -0.508 e. The lowest BCUT2D eigenvalue weighted by molar-refractivity contribution is 0.462. The van der Waals surface area contributed by atoms with Crippen molar-refractivity contribution in [2.45, 2.75) is 6.92 Å². The molecule has 0 unspecified atom stereocenters. The number of fused-ring (bicyclic) bond motifs is 1. The molecule has 1 N–H and O–H groups in total. The van der Waals surface area contributed by atoms with E-state index < -0.39 is 0 Å². The fourth-order valence-corrected chi connectivity index (χ4v) is 2.34. The minimum atomic E-state index is 0.196. The molecule has 0 saturated carbocycles. The van der Waals surface area contributed by atoms with Crippen LogP contribution in [-0.2, 0) is 0 Å². The third kappa shape index (κ3) is 2.47. The standard InChI is InChI=1S/C16H12BrNO2/c1-10-2-4-12(17)8-15(10)20-16-14-9-13(19)5-3-11(14)6-7-18-16/h2-9,19H,1H3. The summed E-state index contributed by atoms with van der Waals surface area (Å²) in [5, 5.41) is 11.4. The molecule has 0 bridgehead atoms. The zero-order valence-corrected chi connectivity index (χ0v) is 12.4. The van der Waals surface area contributed by atoms with Gasteiger partial charge < -0.3 is 9.84 Å². The van der Waals surface area contributed by atoms with E-state index in [1.54, 1.807) is 18.3 Å². The zero-order chi connectivity index (χ0) is 14.1. The first-order chi connectivity index (χ1) is 9.63. The number of phenols is 1. The van der Waals surface area contributed by atoms with Gasteiger partial charge >= 0.3 is 0 Å². The first-order valence-corrected chi connectivity index (χ1v) is 6.94. The molecule has 100 valence electrons. The van der Waals surface area contributed by atoms with Crippen LogP contribution in [-0.4, -0.2) is 10.1 Å². The van der Waals surface area contributed by atoms with E-state index in [1.807, 2.05) is 37.3 Å². The van der Waals surface area contributed by atoms with Gasteiger partial charge in [0.05, 0.1) is 0 Å². The highest BCUT2D eigenvalue weighted by Crippen LogP contribution is 2.32. The van der Waals surface area contributed by atoms with Gasteiger partial charge in [-0.2, -0.15) is 0 Å². The number of hydrogen-bond acceptors (Lipinski definition) is 3. The summed E-state index contributed by atoms with van der Waals surface area (Å²) in [5.41, 5.74) is 1.02. The second-order valence-corrected chi connectivity index (χ2v) is 5.45. The molecule has 0 aliphatic carbocycles. The zero-order valence-electron chi connectivity index (χ0n) is 10.8. The van der Waals surface area contributed by atoms with Crippen LogP contribution in [0.15, 0.2) is 53.1 Å². The quantitative estimate of drug-likeness (QED) is 0.734. The van der Waals surface area contributed by atoms with E-state index in [0.29, 0.717) is 5.88 Å². The first-order valence-electron chi connectivity index (χ1n) is 6.15. The van der Waals surface area contributed by atoms with Gasteiger partial charge in [0.25, 0.3) is 0 Å². The summed E-state index contributed by atoms with van der Waals surface area (Å²) in [5.74, 6) is 1.42. The maximum atomic E-state index is 9.63. The van der Waals surface area contributed by atoms with Crippen molar-refractivity contribution in [3.63, 3.8) is 0 Å². The molecular formula is C16H12BrNO2. The molecule has 0 aliphatic rings. The van der Waals surface area contributed by atoms with Crippen LogP contribution in [0, 0.1) is 6.92 Å². The highest BCUT2D eigenvalue weighted by Gasteiger charge is 2.08. The smallest absolute Gasteiger partial charge is 0.227 e. The van der Waals surface area contributed by atoms with Crippen LogP contribution in [0.4, 0.5) is 0 Å². The van der Waals surface area contributed by atoms with Crippen molar-refractivity contribution in [1.82, 2.24) is 4.98 Å². The predicted molar refractivity (Wildman–Crippen MR) is 82.4 cm³/mol. The molecule has 0 amide bonds. The topological polar surface area (TPSA) is 42.4 Å². The summed E-state index contributed by atoms with van der Waals surface area (Å²) in [4.78, 5) is 4.27. The Bertz CT molecular complexity index is 787. The van der Waals surface area contributed by atoms with Crippen LogP contribution >= 0.6 is 15.9 Å². The molecule has 2 aromatic carbocycles. The second kappa shape index (κ2) is 5.13. The molecule has 0 radical (unpaired) electrons. The van der Waals surface area contributed by atoms with Gasteiger partial charge in [0, 0.05) is 16.1 Å². The summed E-state index contributed by atoms with van der Waals surface area (Å²) in [6, 6.07) is 12.9. The van der Waals surface area contributed by atoms with Gasteiger partial charge in [0.15, 0.2) is 0 Å². The van der Waals surface area contributed by atoms with E-state index in [4.69, 9.17) is 4.74 Å². The molecule has 0 aliphatic heterocycles. The SMILES string of the molecule is Cc1ccc(Br)cc1Oc1nccc2ccc(O)cc12. The number of phenolic OH excluding ortho intramolecular Hbond substituents is 1. The summed E-state index contributed by atoms with van der Waals surface area (Å²) in [6.07, 6.45) is 1.70. The van der Waals surface area contributed by atoms with Gasteiger partial charge in [-0.3, -0.25) is 0 Å². The number of nitrogens with zero attached hydrogens (tertiary/aromatic N) is 1. The highest BCUT2D eigenvalue weighted by atomic mass is 79.9. The third-order valence-corrected chi connectivity index (χ3v) is 3.56. The fourth-order valence-electron chi connectivity index (χ4n) is 2.00. The van der Waals surface area contributed by atoms with Crippen LogP contribution in [0.2, 0.25) is 0 Å². The summed E-state index contributed by atoms with van der Waals surface area (Å²) in [7, 11) is 0. The van der Waals surface area contributed by atoms with Crippen molar-refractivity contribution >= 4 is 26.7 Å². The molecule has 3 aromatic rings. The van der Waals surface area contributed by atoms with Gasteiger partial charge in [0.1, 0.15) is 11.5 Å². The number of pyridine rings is 1. The Morgan fingerprint density at radius 1 is 1.10 bits per heavy atom. The van der Waals surface area contributed by atoms with Crippen LogP contribution in [0.5, 0.6) is 17.4 Å². The number of ether oxygens (including phenoxy) is 1. The molecule has 20 heavy (non-hydrogen) atoms. The monoisotopic (exact) mass is 329 g/mol. The van der Waals surface area contributed by atoms with E-state index in [2.05, 4.69) is 20.9 Å². The van der Waals surface area contributed by atoms with Gasteiger partial charge in [0.2, 0.25) is 5.88 Å². The van der Waals surface area contributed by atoms with Crippen molar-refractivity contribution in [2.75, 3.05) is 0 Å². The summed E-state index contributed by atoms with van der Waals surface area (Å²) < 4.78 is 6.85. The lowest BCUT2D eigenvalue weighted by Crippen LogP contribution is -1.91. The Labute approximate surface area is 125 Å². The molecule has 4 heteroatoms. The summed E-state index contributed by atoms with van der Waals surface area (Å²) in [6.45, 7) is 1.98. The van der Waals surface area contributed by atoms with Crippen molar-refractivity contribution in [3.8, 4) is 17.4 Å². The van der Waals surface area contributed by atoms with Gasteiger partial charge in [-0.25, -0.2) is 4.98 Å². The van der Waals surface area contributed by atoms with Crippen LogP contribution in [0.1, 0.15) is 5.56 Å². The predicted octanol–water partition coefficient (Wildman–Crippen LogP) is 4.80. The third-order valence-electron chi connectivity index (χ3n) is 3.07. The molecular weight excluding hydrogens is 318 g/mol. The van der Waals surface area contributed by atoms with Crippen LogP contribution < -0.4 is 4.74 Å². The molecule has 0 saturated heterocycles. The lowest BCUT2D eigenvalue weighted by Gasteiger charge is -2.10. The Hall–Kier alpha value is -2.07. The summed E-state index contributed by atoms with van der Waals surface area (Å²) >= 11 is 3.43. The second-order valence-electron chi connectivity index (χ2n) is 4.53. The number of hydrogen-bond donors (Lipinski definition) is 1. The Morgan fingerprint density at radius 3 is 2.80 bits per heavy atom. The molecule has 0 atom stereocenters. The molecule has 0 fully saturated rings. The van der Waals surface area contributed by atoms with E-state index in [9.17, 15) is 5.11 Å². The largest absolute Gasteiger partial charge is 0.508 e. The van der Waals surface area contributed by atoms with Crippen LogP contribution in [0.25, 0.3) is 10.8 Å². The van der Waals surface area contributed by atoms with Crippen LogP contribution in [0.3, 0.4) is 0 Å². The molecule has 3 rings (SSSR count). The van der Waals surface area contributed by atoms with Crippen molar-refractivity contribution in [1.29, 1.82) is 0 Å². The maximum Gasteiger partial charge on any atom is 0.227 e. The number of aromatic hydroxyl groups is 1. The highest BCUT2D eigenvalue weighted by molar-refractivity contribution is 9.10. The molecule has 1 heterocycles. The molecule has 3 nitrogen and oxygen atoms in total. The number of aryl methyl sites for hydroxylation is 1. The molecule has 1 aromatic heterocycles. The maximum absolute atomic E-state index is 9.63. The minimum absolute atomic E-state index is 0.196. The van der Waals surface area contributed by atoms with Crippen molar-refractivity contribution < 1.29 is 9.84 Å². The molecule has 0 spiro atoms. The van der Waals surface area contributed by atoms with Crippen molar-refractivity contribution in [3.05, 3.63) is 58.7 Å². The number of benzene rings is 2. The van der Waals surface area contributed by atoms with Gasteiger partial charge in [-0.05, 0) is 48.2 Å². The average Bonchev–Trinajstić information content (AvgIpc) is 2.43. The normalized spacial score (nSPS) is 10.7. The number of aromatic nitrogens is 1. The van der Waals surface area contributed by atoms with E-state index in [-0.39, 0.29) is 5.75 Å². The Balaban J connectivity index is 2.10. The number of halogens is 1. The van der Waals surface area contributed by atoms with Gasteiger partial charge in [-0.15, -0.1) is 0 Å². The van der Waals surface area contributed by atoms with Gasteiger partial charge in [-0.1, -0.05) is 28.1 Å². The fraction of sp³-hybridized carbons (Fsp3) is 0.0625.